The fourth-order valence-electron chi connectivity index (χ4n) is 6.67. The van der Waals surface area contributed by atoms with E-state index in [1.54, 1.807) is 26.2 Å². The third-order valence-corrected chi connectivity index (χ3v) is 8.84. The Balaban J connectivity index is 0.000000310. The zero-order valence-corrected chi connectivity index (χ0v) is 24.6. The van der Waals surface area contributed by atoms with Crippen LogP contribution in [-0.2, 0) is 4.74 Å². The number of anilines is 1. The highest BCUT2D eigenvalue weighted by atomic mass is 19.1. The standard InChI is InChI=1S/C25H24FN3O5.C7H12FN/c1-13-21-20(23(28-25(27-21)33-3)29-9-7-16(32-2)8-10-29)24(31)34-22(13)17-12-15(30)11-14-5-4-6-18(26)19(14)17;8-6-4-7-2-1-3-9(7)5-6/h4-6,11-12,16,30H,7-10H2,1-3H3;6-7H,1-5H2. The molecule has 3 fully saturated rings. The Hall–Kier alpha value is -3.83. The van der Waals surface area contributed by atoms with E-state index in [4.69, 9.17) is 13.9 Å². The van der Waals surface area contributed by atoms with E-state index >= 15 is 0 Å². The fourth-order valence-corrected chi connectivity index (χ4v) is 6.67. The number of ether oxygens (including phenoxy) is 2. The van der Waals surface area contributed by atoms with E-state index in [1.165, 1.54) is 38.2 Å². The number of piperidine rings is 1. The van der Waals surface area contributed by atoms with Gasteiger partial charge >= 0.3 is 11.6 Å². The van der Waals surface area contributed by atoms with Crippen LogP contribution in [0.15, 0.2) is 39.5 Å². The maximum absolute atomic E-state index is 14.8. The predicted molar refractivity (Wildman–Crippen MR) is 160 cm³/mol. The summed E-state index contributed by atoms with van der Waals surface area (Å²) >= 11 is 0. The number of aromatic hydroxyl groups is 1. The van der Waals surface area contributed by atoms with Gasteiger partial charge in [-0.2, -0.15) is 9.97 Å². The Labute approximate surface area is 248 Å². The molecule has 4 aromatic rings. The molecule has 228 valence electrons. The van der Waals surface area contributed by atoms with Gasteiger partial charge in [0.05, 0.1) is 18.7 Å². The minimum Gasteiger partial charge on any atom is -0.508 e. The van der Waals surface area contributed by atoms with Crippen LogP contribution in [0.3, 0.4) is 0 Å². The second-order valence-corrected chi connectivity index (χ2v) is 11.5. The van der Waals surface area contributed by atoms with Crippen molar-refractivity contribution >= 4 is 27.5 Å². The smallest absolute Gasteiger partial charge is 0.349 e. The number of phenolic OH excluding ortho intramolecular Hbond substituents is 1. The number of hydrogen-bond acceptors (Lipinski definition) is 9. The molecule has 0 aliphatic carbocycles. The summed E-state index contributed by atoms with van der Waals surface area (Å²) in [6.45, 7) is 4.90. The predicted octanol–water partition coefficient (Wildman–Crippen LogP) is 5.37. The van der Waals surface area contributed by atoms with E-state index in [0.29, 0.717) is 48.0 Å². The number of methoxy groups -OCH3 is 2. The van der Waals surface area contributed by atoms with Crippen molar-refractivity contribution < 1.29 is 27.8 Å². The molecule has 0 bridgehead atoms. The van der Waals surface area contributed by atoms with E-state index in [2.05, 4.69) is 14.9 Å². The topological polar surface area (TPSA) is 101 Å². The van der Waals surface area contributed by atoms with Gasteiger partial charge in [0.2, 0.25) is 0 Å². The summed E-state index contributed by atoms with van der Waals surface area (Å²) in [5.41, 5.74) is 0.493. The van der Waals surface area contributed by atoms with Crippen LogP contribution in [0.2, 0.25) is 0 Å². The molecule has 0 radical (unpaired) electrons. The Morgan fingerprint density at radius 3 is 2.58 bits per heavy atom. The monoisotopic (exact) mass is 594 g/mol. The van der Waals surface area contributed by atoms with E-state index in [0.717, 1.165) is 25.8 Å². The summed E-state index contributed by atoms with van der Waals surface area (Å²) in [5, 5.41) is 11.2. The van der Waals surface area contributed by atoms with E-state index in [9.17, 15) is 18.7 Å². The lowest BCUT2D eigenvalue weighted by atomic mass is 9.98. The van der Waals surface area contributed by atoms with Crippen molar-refractivity contribution in [3.63, 3.8) is 0 Å². The molecule has 2 unspecified atom stereocenters. The molecule has 5 heterocycles. The van der Waals surface area contributed by atoms with Gasteiger partial charge in [0, 0.05) is 49.3 Å². The average molecular weight is 595 g/mol. The van der Waals surface area contributed by atoms with Gasteiger partial charge in [0.15, 0.2) is 5.82 Å². The molecule has 2 aromatic carbocycles. The highest BCUT2D eigenvalue weighted by molar-refractivity contribution is 6.00. The molecular weight excluding hydrogens is 558 g/mol. The molecule has 9 nitrogen and oxygen atoms in total. The van der Waals surface area contributed by atoms with Crippen molar-refractivity contribution in [1.29, 1.82) is 0 Å². The molecule has 3 aliphatic rings. The number of fused-ring (bicyclic) bond motifs is 3. The molecule has 2 aromatic heterocycles. The molecular formula is C32H36F2N4O5. The van der Waals surface area contributed by atoms with Crippen LogP contribution in [0.5, 0.6) is 11.8 Å². The minimum absolute atomic E-state index is 0.0720. The number of phenols is 1. The summed E-state index contributed by atoms with van der Waals surface area (Å²) in [6.07, 6.45) is 4.56. The molecule has 3 saturated heterocycles. The molecule has 2 atom stereocenters. The van der Waals surface area contributed by atoms with Crippen LogP contribution in [-0.4, -0.2) is 78.7 Å². The first-order valence-corrected chi connectivity index (χ1v) is 14.7. The van der Waals surface area contributed by atoms with Crippen LogP contribution in [0.25, 0.3) is 33.0 Å². The van der Waals surface area contributed by atoms with Crippen LogP contribution < -0.4 is 15.3 Å². The van der Waals surface area contributed by atoms with E-state index < -0.39 is 17.6 Å². The Morgan fingerprint density at radius 2 is 1.86 bits per heavy atom. The summed E-state index contributed by atoms with van der Waals surface area (Å²) < 4.78 is 44.0. The zero-order valence-electron chi connectivity index (χ0n) is 24.6. The lowest BCUT2D eigenvalue weighted by Crippen LogP contribution is -2.37. The van der Waals surface area contributed by atoms with Gasteiger partial charge in [-0.15, -0.1) is 0 Å². The average Bonchev–Trinajstić information content (AvgIpc) is 3.59. The first-order valence-electron chi connectivity index (χ1n) is 14.7. The van der Waals surface area contributed by atoms with Gasteiger partial charge in [-0.1, -0.05) is 12.1 Å². The van der Waals surface area contributed by atoms with Crippen LogP contribution in [0.1, 0.15) is 37.7 Å². The van der Waals surface area contributed by atoms with E-state index in [1.807, 2.05) is 4.90 Å². The van der Waals surface area contributed by atoms with Gasteiger partial charge in [-0.25, -0.2) is 13.6 Å². The van der Waals surface area contributed by atoms with Gasteiger partial charge in [-0.05, 0) is 69.2 Å². The molecule has 43 heavy (non-hydrogen) atoms. The fraction of sp³-hybridized carbons (Fsp3) is 0.469. The molecule has 0 saturated carbocycles. The van der Waals surface area contributed by atoms with Crippen molar-refractivity contribution in [2.75, 3.05) is 45.3 Å². The summed E-state index contributed by atoms with van der Waals surface area (Å²) in [4.78, 5) is 26.5. The normalized spacial score (nSPS) is 20.8. The van der Waals surface area contributed by atoms with Crippen molar-refractivity contribution in [3.05, 3.63) is 52.1 Å². The molecule has 0 spiro atoms. The van der Waals surface area contributed by atoms with Gasteiger partial charge < -0.3 is 23.9 Å². The Kier molecular flexibility index (Phi) is 8.19. The molecule has 0 amide bonds. The van der Waals surface area contributed by atoms with Crippen LogP contribution >= 0.6 is 0 Å². The maximum atomic E-state index is 14.8. The van der Waals surface area contributed by atoms with Crippen molar-refractivity contribution in [1.82, 2.24) is 14.9 Å². The largest absolute Gasteiger partial charge is 0.508 e. The molecule has 11 heteroatoms. The Morgan fingerprint density at radius 1 is 1.07 bits per heavy atom. The number of benzene rings is 2. The lowest BCUT2D eigenvalue weighted by molar-refractivity contribution is 0.0818. The number of halogens is 2. The SMILES string of the molecule is COc1nc(N2CCC(OC)CC2)c2c(=O)oc(-c3cc(O)cc4cccc(F)c34)c(C)c2n1.FC1CC2CCCN2C1. The second kappa shape index (κ2) is 12.0. The quantitative estimate of drug-likeness (QED) is 0.334. The summed E-state index contributed by atoms with van der Waals surface area (Å²) in [6, 6.07) is 8.14. The van der Waals surface area contributed by atoms with Crippen molar-refractivity contribution in [2.45, 2.75) is 57.3 Å². The minimum atomic E-state index is -0.644. The van der Waals surface area contributed by atoms with Crippen LogP contribution in [0, 0.1) is 12.7 Å². The van der Waals surface area contributed by atoms with Crippen molar-refractivity contribution in [3.8, 4) is 23.1 Å². The number of aryl methyl sites for hydroxylation is 1. The third kappa shape index (κ3) is 5.63. The van der Waals surface area contributed by atoms with E-state index in [-0.39, 0.29) is 40.0 Å². The third-order valence-electron chi connectivity index (χ3n) is 8.84. The molecule has 3 aliphatic heterocycles. The number of nitrogens with zero attached hydrogens (tertiary/aromatic N) is 4. The zero-order chi connectivity index (χ0) is 30.2. The number of rotatable bonds is 4. The van der Waals surface area contributed by atoms with Gasteiger partial charge in [0.1, 0.15) is 28.9 Å². The molecule has 7 rings (SSSR count). The number of alkyl halides is 1. The van der Waals surface area contributed by atoms with Gasteiger partial charge in [0.25, 0.3) is 0 Å². The van der Waals surface area contributed by atoms with Gasteiger partial charge in [-0.3, -0.25) is 4.90 Å². The first kappa shape index (κ1) is 29.3. The second-order valence-electron chi connectivity index (χ2n) is 11.5. The number of aromatic nitrogens is 2. The van der Waals surface area contributed by atoms with Crippen LogP contribution in [0.4, 0.5) is 14.6 Å². The highest BCUT2D eigenvalue weighted by Gasteiger charge is 2.34. The maximum Gasteiger partial charge on any atom is 0.349 e. The van der Waals surface area contributed by atoms with Crippen molar-refractivity contribution in [2.24, 2.45) is 0 Å². The first-order chi connectivity index (χ1) is 20.8. The lowest BCUT2D eigenvalue weighted by Gasteiger charge is -2.32. The number of hydrogen-bond donors (Lipinski definition) is 1. The Bertz CT molecular complexity index is 1690. The highest BCUT2D eigenvalue weighted by Crippen LogP contribution is 2.38. The summed E-state index contributed by atoms with van der Waals surface area (Å²) in [5.74, 6) is 0.00822. The summed E-state index contributed by atoms with van der Waals surface area (Å²) in [7, 11) is 3.15. The molecule has 1 N–H and O–H groups in total.